The van der Waals surface area contributed by atoms with Crippen molar-refractivity contribution < 1.29 is 30.7 Å². The van der Waals surface area contributed by atoms with Crippen LogP contribution >= 0.6 is 0 Å². The third-order valence-electron chi connectivity index (χ3n) is 2.55. The lowest BCUT2D eigenvalue weighted by Gasteiger charge is -2.28. The number of alkyl halides is 7. The summed E-state index contributed by atoms with van der Waals surface area (Å²) in [6.07, 6.45) is -4.66. The lowest BCUT2D eigenvalue weighted by atomic mass is 9.97. The second kappa shape index (κ2) is 5.26. The van der Waals surface area contributed by atoms with Crippen LogP contribution in [0.5, 0.6) is 0 Å². The van der Waals surface area contributed by atoms with Crippen molar-refractivity contribution in [3.05, 3.63) is 41.8 Å². The fourth-order valence-electron chi connectivity index (χ4n) is 1.55. The normalized spacial score (nSPS) is 13.9. The summed E-state index contributed by atoms with van der Waals surface area (Å²) >= 11 is 0. The van der Waals surface area contributed by atoms with Gasteiger partial charge in [0.25, 0.3) is 0 Å². The van der Waals surface area contributed by atoms with E-state index in [4.69, 9.17) is 0 Å². The summed E-state index contributed by atoms with van der Waals surface area (Å²) in [5.41, 5.74) is -0.907. The summed E-state index contributed by atoms with van der Waals surface area (Å²) < 4.78 is 88.4. The van der Waals surface area contributed by atoms with Crippen molar-refractivity contribution in [2.75, 3.05) is 0 Å². The fraction of sp³-hybridized carbons (Fsp3) is 0.462. The maximum absolute atomic E-state index is 13.3. The molecule has 0 nitrogen and oxygen atoms in total. The van der Waals surface area contributed by atoms with Crippen LogP contribution in [-0.2, 0) is 5.92 Å². The van der Waals surface area contributed by atoms with Gasteiger partial charge in [-0.15, -0.1) is 0 Å². The van der Waals surface area contributed by atoms with E-state index in [1.54, 1.807) is 20.3 Å². The number of benzene rings is 1. The zero-order valence-electron chi connectivity index (χ0n) is 10.6. The summed E-state index contributed by atoms with van der Waals surface area (Å²) in [6, 6.07) is 3.31. The molecule has 113 valence electrons. The van der Waals surface area contributed by atoms with E-state index in [9.17, 15) is 30.7 Å². The predicted octanol–water partition coefficient (Wildman–Crippen LogP) is 5.18. The van der Waals surface area contributed by atoms with E-state index in [-0.39, 0.29) is 5.92 Å². The highest BCUT2D eigenvalue weighted by atomic mass is 19.4. The van der Waals surface area contributed by atoms with Gasteiger partial charge >= 0.3 is 18.0 Å². The van der Waals surface area contributed by atoms with Crippen LogP contribution in [0.3, 0.4) is 0 Å². The largest absolute Gasteiger partial charge is 0.460 e. The molecule has 0 atom stereocenters. The zero-order valence-corrected chi connectivity index (χ0v) is 10.6. The molecule has 0 bridgehead atoms. The Morgan fingerprint density at radius 1 is 0.850 bits per heavy atom. The lowest BCUT2D eigenvalue weighted by Crippen LogP contribution is -2.50. The Morgan fingerprint density at radius 2 is 1.30 bits per heavy atom. The highest BCUT2D eigenvalue weighted by Gasteiger charge is 2.73. The topological polar surface area (TPSA) is 0 Å². The predicted molar refractivity (Wildman–Crippen MR) is 59.6 cm³/mol. The molecule has 1 radical (unpaired) electrons. The summed E-state index contributed by atoms with van der Waals surface area (Å²) in [6.45, 7) is 3.61. The lowest BCUT2D eigenvalue weighted by molar-refractivity contribution is -0.359. The van der Waals surface area contributed by atoms with Crippen molar-refractivity contribution in [1.29, 1.82) is 0 Å². The van der Waals surface area contributed by atoms with E-state index in [1.807, 2.05) is 0 Å². The molecule has 1 aromatic rings. The molecule has 0 aromatic heterocycles. The first-order chi connectivity index (χ1) is 8.89. The van der Waals surface area contributed by atoms with Crippen LogP contribution in [0.1, 0.15) is 25.0 Å². The molecular weight excluding hydrogens is 289 g/mol. The van der Waals surface area contributed by atoms with Gasteiger partial charge in [0.2, 0.25) is 0 Å². The van der Waals surface area contributed by atoms with Crippen molar-refractivity contribution in [2.24, 2.45) is 5.92 Å². The highest BCUT2D eigenvalue weighted by molar-refractivity contribution is 5.31. The molecule has 0 aliphatic rings. The second-order valence-corrected chi connectivity index (χ2v) is 4.68. The van der Waals surface area contributed by atoms with E-state index in [0.717, 1.165) is 12.1 Å². The van der Waals surface area contributed by atoms with Crippen molar-refractivity contribution in [2.45, 2.75) is 31.9 Å². The van der Waals surface area contributed by atoms with E-state index in [2.05, 4.69) is 0 Å². The Hall–Kier alpha value is -1.27. The van der Waals surface area contributed by atoms with E-state index in [0.29, 0.717) is 17.7 Å². The monoisotopic (exact) mass is 301 g/mol. The van der Waals surface area contributed by atoms with Gasteiger partial charge in [-0.05, 0) is 17.9 Å². The minimum absolute atomic E-state index is 0.0815. The van der Waals surface area contributed by atoms with Crippen molar-refractivity contribution >= 4 is 0 Å². The van der Waals surface area contributed by atoms with Gasteiger partial charge in [-0.2, -0.15) is 30.7 Å². The minimum Gasteiger partial charge on any atom is -0.194 e. The maximum Gasteiger partial charge on any atom is 0.460 e. The molecule has 1 rings (SSSR count). The number of halogens is 7. The summed E-state index contributed by atoms with van der Waals surface area (Å²) in [4.78, 5) is 0. The van der Waals surface area contributed by atoms with Gasteiger partial charge in [0, 0.05) is 5.56 Å². The van der Waals surface area contributed by atoms with E-state index in [1.165, 1.54) is 0 Å². The Morgan fingerprint density at radius 3 is 1.65 bits per heavy atom. The molecule has 0 aliphatic carbocycles. The van der Waals surface area contributed by atoms with Gasteiger partial charge in [-0.3, -0.25) is 0 Å². The molecular formula is C13H12F7. The molecule has 20 heavy (non-hydrogen) atoms. The highest BCUT2D eigenvalue weighted by Crippen LogP contribution is 2.51. The van der Waals surface area contributed by atoms with Crippen molar-refractivity contribution in [3.63, 3.8) is 0 Å². The van der Waals surface area contributed by atoms with Gasteiger partial charge in [-0.25, -0.2) is 0 Å². The number of hydrogen-bond donors (Lipinski definition) is 0. The zero-order chi connectivity index (χ0) is 15.8. The average Bonchev–Trinajstić information content (AvgIpc) is 2.27. The van der Waals surface area contributed by atoms with Crippen molar-refractivity contribution in [3.8, 4) is 0 Å². The Bertz CT molecular complexity index is 443. The molecule has 0 spiro atoms. The third-order valence-corrected chi connectivity index (χ3v) is 2.55. The minimum atomic E-state index is -6.32. The molecule has 7 heteroatoms. The first-order valence-electron chi connectivity index (χ1n) is 5.67. The molecule has 0 N–H and O–H groups in total. The average molecular weight is 301 g/mol. The molecule has 0 fully saturated rings. The van der Waals surface area contributed by atoms with Gasteiger partial charge in [0.1, 0.15) is 0 Å². The molecule has 0 unspecified atom stereocenters. The summed E-state index contributed by atoms with van der Waals surface area (Å²) in [5, 5.41) is 0. The maximum atomic E-state index is 13.3. The second-order valence-electron chi connectivity index (χ2n) is 4.68. The van der Waals surface area contributed by atoms with E-state index >= 15 is 0 Å². The molecule has 0 saturated carbocycles. The number of hydrogen-bond acceptors (Lipinski definition) is 0. The van der Waals surface area contributed by atoms with Gasteiger partial charge in [0.05, 0.1) is 0 Å². The van der Waals surface area contributed by atoms with Gasteiger partial charge in [0.15, 0.2) is 0 Å². The van der Waals surface area contributed by atoms with E-state index < -0.39 is 23.6 Å². The van der Waals surface area contributed by atoms with Crippen LogP contribution < -0.4 is 0 Å². The standard InChI is InChI=1S/C13H12F7/c1-8(2)7-9-3-5-10(6-4-9)11(14,15)12(16,17)13(18,19)20/h3-8H,1-2H3. The Balaban J connectivity index is 3.10. The summed E-state index contributed by atoms with van der Waals surface area (Å²) in [7, 11) is 0. The van der Waals surface area contributed by atoms with Crippen LogP contribution in [-0.4, -0.2) is 12.1 Å². The molecule has 0 heterocycles. The van der Waals surface area contributed by atoms with Crippen LogP contribution in [0, 0.1) is 12.3 Å². The van der Waals surface area contributed by atoms with Crippen LogP contribution in [0.15, 0.2) is 24.3 Å². The van der Waals surface area contributed by atoms with Gasteiger partial charge < -0.3 is 0 Å². The van der Waals surface area contributed by atoms with Crippen molar-refractivity contribution in [1.82, 2.24) is 0 Å². The molecule has 0 aliphatic heterocycles. The number of rotatable bonds is 4. The molecule has 1 aromatic carbocycles. The first-order valence-corrected chi connectivity index (χ1v) is 5.67. The SMILES string of the molecule is CC(C)[CH]c1ccc(C(F)(F)C(F)(F)C(F)(F)F)cc1. The quantitative estimate of drug-likeness (QED) is 0.672. The molecule has 0 saturated heterocycles. The van der Waals surface area contributed by atoms with Crippen LogP contribution in [0.4, 0.5) is 30.7 Å². The van der Waals surface area contributed by atoms with Crippen LogP contribution in [0.25, 0.3) is 0 Å². The Kier molecular flexibility index (Phi) is 4.41. The Labute approximate surface area is 111 Å². The summed E-state index contributed by atoms with van der Waals surface area (Å²) in [5.74, 6) is -11.4. The van der Waals surface area contributed by atoms with Gasteiger partial charge in [-0.1, -0.05) is 38.1 Å². The third kappa shape index (κ3) is 3.07. The van der Waals surface area contributed by atoms with Crippen LogP contribution in [0.2, 0.25) is 0 Å². The molecule has 0 amide bonds. The first kappa shape index (κ1) is 16.8. The fourth-order valence-corrected chi connectivity index (χ4v) is 1.55. The smallest absolute Gasteiger partial charge is 0.194 e.